The molecule has 1 saturated heterocycles. The van der Waals surface area contributed by atoms with Gasteiger partial charge in [0.25, 0.3) is 5.91 Å². The molecule has 7 heteroatoms. The lowest BCUT2D eigenvalue weighted by atomic mass is 10.1. The third-order valence-electron chi connectivity index (χ3n) is 4.82. The number of nitrogens with two attached hydrogens (primary N) is 1. The summed E-state index contributed by atoms with van der Waals surface area (Å²) in [6, 6.07) is 16.7. The van der Waals surface area contributed by atoms with E-state index in [9.17, 15) is 9.18 Å². The summed E-state index contributed by atoms with van der Waals surface area (Å²) in [5, 5.41) is 13.5. The molecule has 140 valence electrons. The molecule has 1 fully saturated rings. The van der Waals surface area contributed by atoms with Crippen molar-refractivity contribution in [1.82, 2.24) is 14.7 Å². The zero-order chi connectivity index (χ0) is 19.7. The van der Waals surface area contributed by atoms with Crippen molar-refractivity contribution in [3.05, 3.63) is 71.7 Å². The zero-order valence-electron chi connectivity index (χ0n) is 15.0. The number of nitriles is 1. The molecule has 2 aromatic carbocycles. The number of carbonyl (C=O) groups is 1. The number of halogens is 1. The van der Waals surface area contributed by atoms with Crippen LogP contribution in [0.3, 0.4) is 0 Å². The van der Waals surface area contributed by atoms with E-state index in [0.29, 0.717) is 35.7 Å². The van der Waals surface area contributed by atoms with Crippen molar-refractivity contribution in [3.63, 3.8) is 0 Å². The third-order valence-corrected chi connectivity index (χ3v) is 4.82. The summed E-state index contributed by atoms with van der Waals surface area (Å²) in [7, 11) is 0. The summed E-state index contributed by atoms with van der Waals surface area (Å²) in [6.07, 6.45) is 0.771. The van der Waals surface area contributed by atoms with E-state index in [1.165, 1.54) is 12.1 Å². The van der Waals surface area contributed by atoms with E-state index in [-0.39, 0.29) is 17.8 Å². The Bertz CT molecular complexity index is 1050. The van der Waals surface area contributed by atoms with Gasteiger partial charge in [-0.1, -0.05) is 0 Å². The number of carbonyl (C=O) groups excluding carboxylic acids is 1. The van der Waals surface area contributed by atoms with Crippen molar-refractivity contribution < 1.29 is 9.18 Å². The molecule has 28 heavy (non-hydrogen) atoms. The second kappa shape index (κ2) is 7.25. The molecule has 1 aliphatic rings. The summed E-state index contributed by atoms with van der Waals surface area (Å²) < 4.78 is 15.0. The highest BCUT2D eigenvalue weighted by Gasteiger charge is 2.27. The molecule has 0 bridgehead atoms. The van der Waals surface area contributed by atoms with E-state index >= 15 is 0 Å². The minimum atomic E-state index is -0.337. The van der Waals surface area contributed by atoms with Crippen molar-refractivity contribution in [2.75, 3.05) is 13.1 Å². The molecule has 3 aromatic rings. The fraction of sp³-hybridized carbons (Fsp3) is 0.190. The Morgan fingerprint density at radius 3 is 2.50 bits per heavy atom. The van der Waals surface area contributed by atoms with E-state index in [1.54, 1.807) is 52.0 Å². The lowest BCUT2D eigenvalue weighted by molar-refractivity contribution is 0.0784. The molecule has 1 unspecified atom stereocenters. The van der Waals surface area contributed by atoms with Crippen LogP contribution in [0.4, 0.5) is 4.39 Å². The van der Waals surface area contributed by atoms with Crippen LogP contribution in [0.2, 0.25) is 0 Å². The molecule has 2 N–H and O–H groups in total. The number of nitrogens with zero attached hydrogens (tertiary/aromatic N) is 4. The Labute approximate surface area is 161 Å². The number of hydrogen-bond acceptors (Lipinski definition) is 4. The maximum atomic E-state index is 13.4. The van der Waals surface area contributed by atoms with Crippen molar-refractivity contribution in [1.29, 1.82) is 5.26 Å². The molecule has 0 spiro atoms. The van der Waals surface area contributed by atoms with Gasteiger partial charge in [-0.05, 0) is 61.0 Å². The van der Waals surface area contributed by atoms with Gasteiger partial charge >= 0.3 is 0 Å². The van der Waals surface area contributed by atoms with Gasteiger partial charge < -0.3 is 10.6 Å². The molecule has 6 nitrogen and oxygen atoms in total. The summed E-state index contributed by atoms with van der Waals surface area (Å²) >= 11 is 0. The SMILES string of the molecule is N#Cc1ccc(-n2nc(C(=O)N3CCC(N)C3)cc2-c2ccc(F)cc2)cc1. The molecule has 0 radical (unpaired) electrons. The van der Waals surface area contributed by atoms with Crippen molar-refractivity contribution >= 4 is 5.91 Å². The van der Waals surface area contributed by atoms with Gasteiger partial charge in [-0.3, -0.25) is 4.79 Å². The van der Waals surface area contributed by atoms with Crippen LogP contribution >= 0.6 is 0 Å². The monoisotopic (exact) mass is 375 g/mol. The molecule has 0 aliphatic carbocycles. The lowest BCUT2D eigenvalue weighted by Crippen LogP contribution is -2.32. The van der Waals surface area contributed by atoms with E-state index in [1.807, 2.05) is 0 Å². The topological polar surface area (TPSA) is 87.9 Å². The zero-order valence-corrected chi connectivity index (χ0v) is 15.0. The Morgan fingerprint density at radius 2 is 1.89 bits per heavy atom. The molecule has 1 amide bonds. The molecule has 4 rings (SSSR count). The van der Waals surface area contributed by atoms with Gasteiger partial charge in [0.1, 0.15) is 5.82 Å². The predicted molar refractivity (Wildman–Crippen MR) is 102 cm³/mol. The highest BCUT2D eigenvalue weighted by Crippen LogP contribution is 2.26. The van der Waals surface area contributed by atoms with Gasteiger partial charge in [-0.25, -0.2) is 9.07 Å². The molecule has 0 saturated carbocycles. The number of aromatic nitrogens is 2. The average molecular weight is 375 g/mol. The minimum absolute atomic E-state index is 0.0128. The number of likely N-dealkylation sites (tertiary alicyclic amines) is 1. The molecule has 1 aliphatic heterocycles. The maximum Gasteiger partial charge on any atom is 0.274 e. The van der Waals surface area contributed by atoms with Gasteiger partial charge in [0.05, 0.1) is 23.0 Å². The Morgan fingerprint density at radius 1 is 1.18 bits per heavy atom. The van der Waals surface area contributed by atoms with Crippen LogP contribution < -0.4 is 5.73 Å². The quantitative estimate of drug-likeness (QED) is 0.762. The van der Waals surface area contributed by atoms with E-state index in [2.05, 4.69) is 11.2 Å². The molecular formula is C21H18FN5O. The summed E-state index contributed by atoms with van der Waals surface area (Å²) in [5.74, 6) is -0.515. The first-order chi connectivity index (χ1) is 13.5. The Kier molecular flexibility index (Phi) is 4.63. The van der Waals surface area contributed by atoms with Crippen LogP contribution in [0.1, 0.15) is 22.5 Å². The first-order valence-electron chi connectivity index (χ1n) is 8.96. The summed E-state index contributed by atoms with van der Waals surface area (Å²) in [6.45, 7) is 1.12. The van der Waals surface area contributed by atoms with Gasteiger partial charge in [-0.2, -0.15) is 10.4 Å². The fourth-order valence-corrected chi connectivity index (χ4v) is 3.32. The third kappa shape index (κ3) is 3.38. The van der Waals surface area contributed by atoms with Gasteiger partial charge in [0.15, 0.2) is 5.69 Å². The first kappa shape index (κ1) is 17.9. The normalized spacial score (nSPS) is 16.2. The fourth-order valence-electron chi connectivity index (χ4n) is 3.32. The van der Waals surface area contributed by atoms with Gasteiger partial charge in [0, 0.05) is 24.7 Å². The smallest absolute Gasteiger partial charge is 0.274 e. The van der Waals surface area contributed by atoms with Gasteiger partial charge in [0.2, 0.25) is 0 Å². The second-order valence-electron chi connectivity index (χ2n) is 6.79. The van der Waals surface area contributed by atoms with E-state index in [0.717, 1.165) is 12.0 Å². The number of benzene rings is 2. The molecule has 2 heterocycles. The van der Waals surface area contributed by atoms with Crippen molar-refractivity contribution in [3.8, 4) is 23.0 Å². The van der Waals surface area contributed by atoms with Crippen LogP contribution in [0, 0.1) is 17.1 Å². The highest BCUT2D eigenvalue weighted by molar-refractivity contribution is 5.94. The van der Waals surface area contributed by atoms with E-state index < -0.39 is 0 Å². The average Bonchev–Trinajstić information content (AvgIpc) is 3.35. The predicted octanol–water partition coefficient (Wildman–Crippen LogP) is 2.72. The Balaban J connectivity index is 1.78. The largest absolute Gasteiger partial charge is 0.336 e. The summed E-state index contributed by atoms with van der Waals surface area (Å²) in [4.78, 5) is 14.6. The number of hydrogen-bond donors (Lipinski definition) is 1. The van der Waals surface area contributed by atoms with Crippen molar-refractivity contribution in [2.24, 2.45) is 5.73 Å². The van der Waals surface area contributed by atoms with Crippen LogP contribution in [0.5, 0.6) is 0 Å². The maximum absolute atomic E-state index is 13.4. The summed E-state index contributed by atoms with van der Waals surface area (Å²) in [5.41, 5.74) is 8.85. The first-order valence-corrected chi connectivity index (χ1v) is 8.96. The van der Waals surface area contributed by atoms with Crippen LogP contribution in [-0.4, -0.2) is 39.7 Å². The van der Waals surface area contributed by atoms with Crippen LogP contribution in [0.15, 0.2) is 54.6 Å². The van der Waals surface area contributed by atoms with Crippen LogP contribution in [0.25, 0.3) is 16.9 Å². The second-order valence-corrected chi connectivity index (χ2v) is 6.79. The Hall–Kier alpha value is -3.50. The molecule has 1 atom stereocenters. The number of amides is 1. The van der Waals surface area contributed by atoms with E-state index in [4.69, 9.17) is 11.0 Å². The van der Waals surface area contributed by atoms with Gasteiger partial charge in [-0.15, -0.1) is 0 Å². The number of rotatable bonds is 3. The van der Waals surface area contributed by atoms with Crippen molar-refractivity contribution in [2.45, 2.75) is 12.5 Å². The molecule has 1 aromatic heterocycles. The minimum Gasteiger partial charge on any atom is -0.336 e. The molecular weight excluding hydrogens is 357 g/mol. The lowest BCUT2D eigenvalue weighted by Gasteiger charge is -2.13. The highest BCUT2D eigenvalue weighted by atomic mass is 19.1. The van der Waals surface area contributed by atoms with Crippen LogP contribution in [-0.2, 0) is 0 Å². The standard InChI is InChI=1S/C21H18FN5O/c22-16-5-3-15(4-6-16)20-11-19(21(28)26-10-9-17(24)13-26)25-27(20)18-7-1-14(12-23)2-8-18/h1-8,11,17H,9-10,13,24H2.